The molecule has 7 heteroatoms. The van der Waals surface area contributed by atoms with Gasteiger partial charge in [0.05, 0.1) is 30.1 Å². The van der Waals surface area contributed by atoms with Gasteiger partial charge in [-0.05, 0) is 50.2 Å². The standard InChI is InChI=1S/C27H26N4O2S/c1-18-11-12-25-22(15-18)23(17-28-30-27-29-24-9-4-5-10-26(24)34-27)19(2)31(25)13-14-33-21-8-6-7-20(16-21)32-3/h4-12,15-17H,13-14H2,1-3H3,(H,29,30)/b28-17-. The molecule has 0 radical (unpaired) electrons. The van der Waals surface area contributed by atoms with Crippen LogP contribution in [0.2, 0.25) is 0 Å². The van der Waals surface area contributed by atoms with Crippen molar-refractivity contribution >= 4 is 43.8 Å². The highest BCUT2D eigenvalue weighted by atomic mass is 32.1. The van der Waals surface area contributed by atoms with Crippen LogP contribution in [0.5, 0.6) is 11.5 Å². The number of methoxy groups -OCH3 is 1. The summed E-state index contributed by atoms with van der Waals surface area (Å²) in [5.74, 6) is 1.58. The first-order valence-corrected chi connectivity index (χ1v) is 11.9. The smallest absolute Gasteiger partial charge is 0.204 e. The predicted octanol–water partition coefficient (Wildman–Crippen LogP) is 6.40. The van der Waals surface area contributed by atoms with Gasteiger partial charge in [0.25, 0.3) is 0 Å². The van der Waals surface area contributed by atoms with Gasteiger partial charge in [0.1, 0.15) is 18.1 Å². The molecule has 2 aromatic heterocycles. The first kappa shape index (κ1) is 22.0. The third-order valence-corrected chi connectivity index (χ3v) is 6.74. The molecule has 3 aromatic carbocycles. The predicted molar refractivity (Wildman–Crippen MR) is 141 cm³/mol. The molecule has 0 spiro atoms. The minimum absolute atomic E-state index is 0.548. The number of aromatic nitrogens is 2. The van der Waals surface area contributed by atoms with Crippen LogP contribution in [0.4, 0.5) is 5.13 Å². The molecule has 2 heterocycles. The number of hydrogen-bond acceptors (Lipinski definition) is 6. The first-order valence-electron chi connectivity index (χ1n) is 11.1. The molecule has 0 amide bonds. The molecule has 5 rings (SSSR count). The van der Waals surface area contributed by atoms with Gasteiger partial charge >= 0.3 is 0 Å². The molecule has 34 heavy (non-hydrogen) atoms. The van der Waals surface area contributed by atoms with E-state index in [1.54, 1.807) is 18.4 Å². The molecule has 0 saturated carbocycles. The van der Waals surface area contributed by atoms with Gasteiger partial charge < -0.3 is 14.0 Å². The van der Waals surface area contributed by atoms with Crippen LogP contribution in [-0.2, 0) is 6.54 Å². The van der Waals surface area contributed by atoms with Gasteiger partial charge in [-0.2, -0.15) is 5.10 Å². The zero-order valence-electron chi connectivity index (χ0n) is 19.4. The number of benzene rings is 3. The fourth-order valence-corrected chi connectivity index (χ4v) is 4.91. The van der Waals surface area contributed by atoms with E-state index >= 15 is 0 Å². The minimum Gasteiger partial charge on any atom is -0.497 e. The molecule has 0 aliphatic heterocycles. The van der Waals surface area contributed by atoms with E-state index < -0.39 is 0 Å². The fraction of sp³-hybridized carbons (Fsp3) is 0.185. The Morgan fingerprint density at radius 1 is 1.03 bits per heavy atom. The summed E-state index contributed by atoms with van der Waals surface area (Å²) in [6, 6.07) is 22.3. The van der Waals surface area contributed by atoms with Crippen LogP contribution in [-0.4, -0.2) is 29.5 Å². The summed E-state index contributed by atoms with van der Waals surface area (Å²) in [5, 5.41) is 6.48. The monoisotopic (exact) mass is 470 g/mol. The maximum Gasteiger partial charge on any atom is 0.204 e. The highest BCUT2D eigenvalue weighted by Gasteiger charge is 2.13. The summed E-state index contributed by atoms with van der Waals surface area (Å²) < 4.78 is 14.7. The van der Waals surface area contributed by atoms with Crippen molar-refractivity contribution in [2.45, 2.75) is 20.4 Å². The van der Waals surface area contributed by atoms with E-state index in [2.05, 4.69) is 58.2 Å². The maximum absolute atomic E-state index is 6.00. The lowest BCUT2D eigenvalue weighted by Crippen LogP contribution is -2.09. The lowest BCUT2D eigenvalue weighted by molar-refractivity contribution is 0.297. The number of aryl methyl sites for hydroxylation is 1. The number of nitrogens with zero attached hydrogens (tertiary/aromatic N) is 3. The Balaban J connectivity index is 1.37. The summed E-state index contributed by atoms with van der Waals surface area (Å²) >= 11 is 1.59. The number of anilines is 1. The largest absolute Gasteiger partial charge is 0.497 e. The maximum atomic E-state index is 6.00. The van der Waals surface area contributed by atoms with E-state index in [9.17, 15) is 0 Å². The fourth-order valence-electron chi connectivity index (χ4n) is 4.09. The Kier molecular flexibility index (Phi) is 6.18. The van der Waals surface area contributed by atoms with Gasteiger partial charge in [-0.25, -0.2) is 4.98 Å². The summed E-state index contributed by atoms with van der Waals surface area (Å²) in [7, 11) is 1.66. The van der Waals surface area contributed by atoms with Crippen molar-refractivity contribution in [2.24, 2.45) is 5.10 Å². The molecule has 1 N–H and O–H groups in total. The summed E-state index contributed by atoms with van der Waals surface area (Å²) in [5.41, 5.74) is 8.70. The molecular weight excluding hydrogens is 444 g/mol. The van der Waals surface area contributed by atoms with Crippen molar-refractivity contribution in [3.05, 3.63) is 83.6 Å². The Morgan fingerprint density at radius 2 is 1.88 bits per heavy atom. The highest BCUT2D eigenvalue weighted by molar-refractivity contribution is 7.22. The number of nitrogens with one attached hydrogen (secondary N) is 1. The van der Waals surface area contributed by atoms with E-state index in [-0.39, 0.29) is 0 Å². The number of para-hydroxylation sites is 1. The minimum atomic E-state index is 0.548. The van der Waals surface area contributed by atoms with E-state index in [1.807, 2.05) is 48.7 Å². The van der Waals surface area contributed by atoms with Crippen LogP contribution in [0, 0.1) is 13.8 Å². The van der Waals surface area contributed by atoms with E-state index in [4.69, 9.17) is 9.47 Å². The highest BCUT2D eigenvalue weighted by Crippen LogP contribution is 2.28. The normalized spacial score (nSPS) is 11.5. The molecule has 0 bridgehead atoms. The lowest BCUT2D eigenvalue weighted by Gasteiger charge is -2.11. The lowest BCUT2D eigenvalue weighted by atomic mass is 10.1. The molecule has 172 valence electrons. The Labute approximate surface area is 202 Å². The van der Waals surface area contributed by atoms with Gasteiger partial charge in [-0.3, -0.25) is 5.43 Å². The van der Waals surface area contributed by atoms with Crippen LogP contribution in [0.3, 0.4) is 0 Å². The first-order chi connectivity index (χ1) is 16.6. The zero-order valence-corrected chi connectivity index (χ0v) is 20.2. The number of fused-ring (bicyclic) bond motifs is 2. The van der Waals surface area contributed by atoms with Crippen LogP contribution in [0.15, 0.2) is 71.8 Å². The van der Waals surface area contributed by atoms with Crippen molar-refractivity contribution in [3.8, 4) is 11.5 Å². The third kappa shape index (κ3) is 4.47. The molecule has 5 aromatic rings. The molecule has 0 aliphatic carbocycles. The summed E-state index contributed by atoms with van der Waals surface area (Å²) in [4.78, 5) is 4.59. The second-order valence-electron chi connectivity index (χ2n) is 8.06. The van der Waals surface area contributed by atoms with Crippen molar-refractivity contribution in [1.82, 2.24) is 9.55 Å². The number of ether oxygens (including phenoxy) is 2. The van der Waals surface area contributed by atoms with Crippen molar-refractivity contribution < 1.29 is 9.47 Å². The number of thiazole rings is 1. The number of hydrazone groups is 1. The van der Waals surface area contributed by atoms with Crippen LogP contribution in [0.25, 0.3) is 21.1 Å². The topological polar surface area (TPSA) is 60.7 Å². The van der Waals surface area contributed by atoms with E-state index in [0.717, 1.165) is 44.6 Å². The average Bonchev–Trinajstić information content (AvgIpc) is 3.38. The quantitative estimate of drug-likeness (QED) is 0.211. The molecule has 0 unspecified atom stereocenters. The van der Waals surface area contributed by atoms with Gasteiger partial charge in [0, 0.05) is 28.2 Å². The van der Waals surface area contributed by atoms with Crippen LogP contribution >= 0.6 is 11.3 Å². The summed E-state index contributed by atoms with van der Waals surface area (Å²) in [6.45, 7) is 5.51. The molecular formula is C27H26N4O2S. The van der Waals surface area contributed by atoms with Gasteiger partial charge in [0.15, 0.2) is 0 Å². The molecule has 6 nitrogen and oxygen atoms in total. The van der Waals surface area contributed by atoms with E-state index in [1.165, 1.54) is 16.5 Å². The van der Waals surface area contributed by atoms with E-state index in [0.29, 0.717) is 6.61 Å². The number of hydrogen-bond donors (Lipinski definition) is 1. The van der Waals surface area contributed by atoms with Crippen LogP contribution in [0.1, 0.15) is 16.8 Å². The SMILES string of the molecule is COc1cccc(OCCn2c(C)c(/C=N\Nc3nc4ccccc4s3)c3cc(C)ccc32)c1. The van der Waals surface area contributed by atoms with Crippen molar-refractivity contribution in [1.29, 1.82) is 0 Å². The van der Waals surface area contributed by atoms with Gasteiger partial charge in [-0.1, -0.05) is 41.2 Å². The van der Waals surface area contributed by atoms with Crippen LogP contribution < -0.4 is 14.9 Å². The number of rotatable bonds is 8. The Hall–Kier alpha value is -3.84. The Morgan fingerprint density at radius 3 is 2.74 bits per heavy atom. The molecule has 0 fully saturated rings. The molecule has 0 aliphatic rings. The average molecular weight is 471 g/mol. The zero-order chi connectivity index (χ0) is 23.5. The van der Waals surface area contributed by atoms with Crippen molar-refractivity contribution in [3.63, 3.8) is 0 Å². The van der Waals surface area contributed by atoms with Crippen molar-refractivity contribution in [2.75, 3.05) is 19.1 Å². The second kappa shape index (κ2) is 9.57. The third-order valence-electron chi connectivity index (χ3n) is 5.80. The summed E-state index contributed by atoms with van der Waals surface area (Å²) in [6.07, 6.45) is 1.89. The molecule has 0 atom stereocenters. The van der Waals surface area contributed by atoms with Gasteiger partial charge in [-0.15, -0.1) is 0 Å². The van der Waals surface area contributed by atoms with Gasteiger partial charge in [0.2, 0.25) is 5.13 Å². The Bertz CT molecular complexity index is 1450. The second-order valence-corrected chi connectivity index (χ2v) is 9.09. The molecule has 0 saturated heterocycles.